The van der Waals surface area contributed by atoms with Crippen LogP contribution in [0.5, 0.6) is 0 Å². The highest BCUT2D eigenvalue weighted by molar-refractivity contribution is 5.78. The van der Waals surface area contributed by atoms with Crippen molar-refractivity contribution in [2.24, 2.45) is 5.92 Å². The number of nitrogens with zero attached hydrogens (tertiary/aromatic N) is 2. The minimum absolute atomic E-state index is 0.166. The molecule has 0 bridgehead atoms. The van der Waals surface area contributed by atoms with Crippen LogP contribution in [0.2, 0.25) is 0 Å². The molecule has 1 aliphatic rings. The zero-order valence-corrected chi connectivity index (χ0v) is 7.21. The third kappa shape index (κ3) is 2.19. The highest BCUT2D eigenvalue weighted by Crippen LogP contribution is 2.12. The number of rotatable bonds is 1. The summed E-state index contributed by atoms with van der Waals surface area (Å²) in [5.74, 6) is 0.396. The Labute approximate surface area is 67.8 Å². The van der Waals surface area contributed by atoms with Crippen LogP contribution in [0.15, 0.2) is 0 Å². The van der Waals surface area contributed by atoms with Gasteiger partial charge in [-0.15, -0.1) is 0 Å². The van der Waals surface area contributed by atoms with Crippen LogP contribution in [0.3, 0.4) is 0 Å². The van der Waals surface area contributed by atoms with Gasteiger partial charge in [0.05, 0.1) is 5.92 Å². The molecule has 0 aromatic rings. The van der Waals surface area contributed by atoms with Crippen LogP contribution in [-0.2, 0) is 4.79 Å². The van der Waals surface area contributed by atoms with Crippen molar-refractivity contribution in [1.82, 2.24) is 10.2 Å². The zero-order chi connectivity index (χ0) is 8.27. The number of piperidine rings is 1. The van der Waals surface area contributed by atoms with Crippen LogP contribution >= 0.6 is 0 Å². The molecule has 0 aromatic heterocycles. The van der Waals surface area contributed by atoms with E-state index in [1.165, 1.54) is 0 Å². The third-order valence-electron chi connectivity index (χ3n) is 2.01. The molecule has 0 saturated carbocycles. The summed E-state index contributed by atoms with van der Waals surface area (Å²) in [5.41, 5.74) is 0. The maximum absolute atomic E-state index is 11.4. The molecule has 1 radical (unpaired) electrons. The predicted molar refractivity (Wildman–Crippen MR) is 43.3 cm³/mol. The smallest absolute Gasteiger partial charge is 0.226 e. The minimum Gasteiger partial charge on any atom is -0.349 e. The van der Waals surface area contributed by atoms with E-state index in [-0.39, 0.29) is 11.8 Å². The molecule has 63 valence electrons. The van der Waals surface area contributed by atoms with Crippen molar-refractivity contribution in [2.75, 3.05) is 27.2 Å². The van der Waals surface area contributed by atoms with E-state index in [9.17, 15) is 4.79 Å². The molecule has 1 fully saturated rings. The Morgan fingerprint density at radius 1 is 1.55 bits per heavy atom. The monoisotopic (exact) mass is 155 g/mol. The molecular weight excluding hydrogens is 140 g/mol. The largest absolute Gasteiger partial charge is 0.349 e. The van der Waals surface area contributed by atoms with Gasteiger partial charge in [-0.05, 0) is 12.8 Å². The summed E-state index contributed by atoms with van der Waals surface area (Å²) >= 11 is 0. The van der Waals surface area contributed by atoms with Gasteiger partial charge in [0.25, 0.3) is 0 Å². The van der Waals surface area contributed by atoms with Crippen molar-refractivity contribution in [3.63, 3.8) is 0 Å². The van der Waals surface area contributed by atoms with E-state index in [2.05, 4.69) is 5.32 Å². The highest BCUT2D eigenvalue weighted by Gasteiger charge is 2.22. The third-order valence-corrected chi connectivity index (χ3v) is 2.01. The fourth-order valence-electron chi connectivity index (χ4n) is 1.35. The lowest BCUT2D eigenvalue weighted by Crippen LogP contribution is -2.37. The summed E-state index contributed by atoms with van der Waals surface area (Å²) in [5, 5.41) is 4.21. The number of carbonyl (C=O) groups excluding carboxylic acids is 1. The Kier molecular flexibility index (Phi) is 2.88. The molecule has 1 atom stereocenters. The summed E-state index contributed by atoms with van der Waals surface area (Å²) in [6, 6.07) is 0. The van der Waals surface area contributed by atoms with Crippen LogP contribution < -0.4 is 5.32 Å². The molecule has 0 spiro atoms. The highest BCUT2D eigenvalue weighted by atomic mass is 16.2. The number of hydrogen-bond acceptors (Lipinski definition) is 1. The van der Waals surface area contributed by atoms with Crippen molar-refractivity contribution < 1.29 is 4.79 Å². The molecule has 1 saturated heterocycles. The van der Waals surface area contributed by atoms with Crippen LogP contribution in [0.25, 0.3) is 0 Å². The van der Waals surface area contributed by atoms with E-state index in [4.69, 9.17) is 0 Å². The summed E-state index contributed by atoms with van der Waals surface area (Å²) in [6.07, 6.45) is 2.09. The second-order valence-corrected chi connectivity index (χ2v) is 3.20. The molecule has 11 heavy (non-hydrogen) atoms. The summed E-state index contributed by atoms with van der Waals surface area (Å²) in [4.78, 5) is 13.0. The maximum Gasteiger partial charge on any atom is 0.226 e. The van der Waals surface area contributed by atoms with Gasteiger partial charge in [0, 0.05) is 27.2 Å². The van der Waals surface area contributed by atoms with Gasteiger partial charge in [-0.25, -0.2) is 5.32 Å². The second-order valence-electron chi connectivity index (χ2n) is 3.20. The van der Waals surface area contributed by atoms with Gasteiger partial charge >= 0.3 is 0 Å². The van der Waals surface area contributed by atoms with Crippen LogP contribution in [0.4, 0.5) is 0 Å². The summed E-state index contributed by atoms with van der Waals surface area (Å²) in [6.45, 7) is 1.67. The fourth-order valence-corrected chi connectivity index (χ4v) is 1.35. The molecule has 3 nitrogen and oxygen atoms in total. The van der Waals surface area contributed by atoms with Crippen LogP contribution in [0.1, 0.15) is 12.8 Å². The predicted octanol–water partition coefficient (Wildman–Crippen LogP) is 0.0890. The van der Waals surface area contributed by atoms with Gasteiger partial charge in [-0.2, -0.15) is 0 Å². The Hall–Kier alpha value is -0.570. The molecule has 3 heteroatoms. The standard InChI is InChI=1S/C8H15N2O/c1-10(2)8(11)7-4-3-5-9-6-7/h7H,3-6H2,1-2H3. The van der Waals surface area contributed by atoms with Crippen molar-refractivity contribution in [1.29, 1.82) is 0 Å². The average molecular weight is 155 g/mol. The van der Waals surface area contributed by atoms with Crippen LogP contribution in [-0.4, -0.2) is 38.0 Å². The van der Waals surface area contributed by atoms with E-state index in [0.29, 0.717) is 0 Å². The molecule has 1 amide bonds. The van der Waals surface area contributed by atoms with Gasteiger partial charge in [0.15, 0.2) is 0 Å². The lowest BCUT2D eigenvalue weighted by molar-refractivity contribution is -0.133. The van der Waals surface area contributed by atoms with Gasteiger partial charge in [-0.3, -0.25) is 4.79 Å². The summed E-state index contributed by atoms with van der Waals surface area (Å²) in [7, 11) is 3.61. The van der Waals surface area contributed by atoms with E-state index < -0.39 is 0 Å². The normalized spacial score (nSPS) is 24.7. The lowest BCUT2D eigenvalue weighted by atomic mass is 9.98. The lowest BCUT2D eigenvalue weighted by Gasteiger charge is -2.23. The molecule has 1 heterocycles. The van der Waals surface area contributed by atoms with E-state index >= 15 is 0 Å². The molecule has 0 aliphatic carbocycles. The number of hydrogen-bond donors (Lipinski definition) is 0. The Morgan fingerprint density at radius 2 is 2.27 bits per heavy atom. The summed E-state index contributed by atoms with van der Waals surface area (Å²) < 4.78 is 0. The first-order valence-electron chi connectivity index (χ1n) is 4.06. The Balaban J connectivity index is 2.39. The first-order chi connectivity index (χ1) is 5.22. The van der Waals surface area contributed by atoms with E-state index in [0.717, 1.165) is 25.9 Å². The van der Waals surface area contributed by atoms with E-state index in [1.807, 2.05) is 0 Å². The molecular formula is C8H15N2O. The van der Waals surface area contributed by atoms with Gasteiger partial charge < -0.3 is 4.90 Å². The van der Waals surface area contributed by atoms with Crippen LogP contribution in [0, 0.1) is 5.92 Å². The molecule has 1 unspecified atom stereocenters. The number of carbonyl (C=O) groups is 1. The quantitative estimate of drug-likeness (QED) is 0.528. The molecule has 0 aromatic carbocycles. The van der Waals surface area contributed by atoms with Gasteiger partial charge in [0.1, 0.15) is 0 Å². The maximum atomic E-state index is 11.4. The van der Waals surface area contributed by atoms with E-state index in [1.54, 1.807) is 19.0 Å². The topological polar surface area (TPSA) is 34.4 Å². The van der Waals surface area contributed by atoms with Gasteiger partial charge in [-0.1, -0.05) is 0 Å². The Bertz CT molecular complexity index is 139. The molecule has 1 aliphatic heterocycles. The number of amides is 1. The van der Waals surface area contributed by atoms with Crippen molar-refractivity contribution in [2.45, 2.75) is 12.8 Å². The average Bonchev–Trinajstić information content (AvgIpc) is 2.05. The Morgan fingerprint density at radius 3 is 2.73 bits per heavy atom. The zero-order valence-electron chi connectivity index (χ0n) is 7.21. The molecule has 1 rings (SSSR count). The molecule has 0 N–H and O–H groups in total. The first kappa shape index (κ1) is 8.53. The first-order valence-corrected chi connectivity index (χ1v) is 4.06. The van der Waals surface area contributed by atoms with Crippen molar-refractivity contribution >= 4 is 5.91 Å². The van der Waals surface area contributed by atoms with Crippen molar-refractivity contribution in [3.05, 3.63) is 0 Å². The van der Waals surface area contributed by atoms with Crippen molar-refractivity contribution in [3.8, 4) is 0 Å². The fraction of sp³-hybridized carbons (Fsp3) is 0.875. The SMILES string of the molecule is CN(C)C(=O)C1CCC[N]C1. The second kappa shape index (κ2) is 3.72. The van der Waals surface area contributed by atoms with Gasteiger partial charge in [0.2, 0.25) is 5.91 Å². The minimum atomic E-state index is 0.166.